The van der Waals surface area contributed by atoms with Gasteiger partial charge in [-0.3, -0.25) is 0 Å². The Hall–Kier alpha value is -1.33. The highest BCUT2D eigenvalue weighted by molar-refractivity contribution is 5.74. The predicted octanol–water partition coefficient (Wildman–Crippen LogP) is 2.53. The molecule has 1 aliphatic rings. The van der Waals surface area contributed by atoms with Gasteiger partial charge in [-0.1, -0.05) is 0 Å². The van der Waals surface area contributed by atoms with Crippen molar-refractivity contribution in [2.75, 3.05) is 20.2 Å². The topological polar surface area (TPSA) is 55.8 Å². The van der Waals surface area contributed by atoms with Crippen LogP contribution in [0.5, 0.6) is 0 Å². The number of carbonyl (C=O) groups excluding carboxylic acids is 2. The molecular weight excluding hydrogens is 265 g/mol. The number of ether oxygens (including phenoxy) is 2. The number of esters is 1. The Labute approximate surface area is 119 Å². The third-order valence-corrected chi connectivity index (χ3v) is 3.26. The van der Waals surface area contributed by atoms with Gasteiger partial charge < -0.3 is 14.4 Å². The fourth-order valence-electron chi connectivity index (χ4n) is 2.19. The van der Waals surface area contributed by atoms with Crippen molar-refractivity contribution in [2.45, 2.75) is 51.8 Å². The van der Waals surface area contributed by atoms with E-state index in [-0.39, 0.29) is 18.4 Å². The molecule has 0 bridgehead atoms. The summed E-state index contributed by atoms with van der Waals surface area (Å²) in [5.41, 5.74) is -0.511. The molecule has 1 saturated heterocycles. The zero-order valence-electron chi connectivity index (χ0n) is 12.6. The van der Waals surface area contributed by atoms with Gasteiger partial charge in [-0.2, -0.15) is 0 Å². The number of likely N-dealkylation sites (tertiary alicyclic amines) is 1. The summed E-state index contributed by atoms with van der Waals surface area (Å²) in [6.07, 6.45) is -0.388. The second kappa shape index (κ2) is 6.90. The molecule has 0 aromatic rings. The Morgan fingerprint density at radius 2 is 1.85 bits per heavy atom. The van der Waals surface area contributed by atoms with E-state index in [2.05, 4.69) is 4.74 Å². The Kier molecular flexibility index (Phi) is 5.77. The van der Waals surface area contributed by atoms with E-state index in [0.717, 1.165) is 0 Å². The van der Waals surface area contributed by atoms with E-state index >= 15 is 0 Å². The maximum Gasteiger partial charge on any atom is 0.410 e. The Bertz CT molecular complexity index is 346. The Morgan fingerprint density at radius 1 is 1.30 bits per heavy atom. The van der Waals surface area contributed by atoms with Crippen LogP contribution in [0.15, 0.2) is 0 Å². The van der Waals surface area contributed by atoms with E-state index in [1.165, 1.54) is 7.11 Å². The smallest absolute Gasteiger partial charge is 0.410 e. The highest BCUT2D eigenvalue weighted by Gasteiger charge is 2.29. The third kappa shape index (κ3) is 5.35. The zero-order chi connectivity index (χ0) is 15.3. The number of halogens is 1. The van der Waals surface area contributed by atoms with E-state index in [1.54, 1.807) is 4.90 Å². The van der Waals surface area contributed by atoms with E-state index in [9.17, 15) is 14.0 Å². The van der Waals surface area contributed by atoms with Gasteiger partial charge in [0.05, 0.1) is 7.11 Å². The van der Waals surface area contributed by atoms with E-state index in [4.69, 9.17) is 4.74 Å². The molecule has 116 valence electrons. The summed E-state index contributed by atoms with van der Waals surface area (Å²) in [5.74, 6) is -0.720. The quantitative estimate of drug-likeness (QED) is 0.749. The van der Waals surface area contributed by atoms with Crippen molar-refractivity contribution in [3.05, 3.63) is 0 Å². The van der Waals surface area contributed by atoms with Crippen molar-refractivity contribution in [3.8, 4) is 0 Å². The molecule has 6 heteroatoms. The van der Waals surface area contributed by atoms with Gasteiger partial charge in [0.1, 0.15) is 5.60 Å². The van der Waals surface area contributed by atoms with Crippen LogP contribution in [0.3, 0.4) is 0 Å². The van der Waals surface area contributed by atoms with E-state index in [1.807, 2.05) is 20.8 Å². The molecule has 0 aromatic heterocycles. The average Bonchev–Trinajstić information content (AvgIpc) is 2.36. The molecule has 0 radical (unpaired) electrons. The van der Waals surface area contributed by atoms with Gasteiger partial charge in [0.15, 0.2) is 6.17 Å². The summed E-state index contributed by atoms with van der Waals surface area (Å²) in [6, 6.07) is 0. The molecule has 1 fully saturated rings. The molecule has 1 amide bonds. The van der Waals surface area contributed by atoms with Gasteiger partial charge in [-0.15, -0.1) is 0 Å². The number of methoxy groups -OCH3 is 1. The molecule has 0 saturated carbocycles. The second-order valence-electron chi connectivity index (χ2n) is 6.14. The van der Waals surface area contributed by atoms with Crippen molar-refractivity contribution >= 4 is 12.1 Å². The van der Waals surface area contributed by atoms with E-state index in [0.29, 0.717) is 25.9 Å². The van der Waals surface area contributed by atoms with Crippen molar-refractivity contribution < 1.29 is 23.5 Å². The fourth-order valence-corrected chi connectivity index (χ4v) is 2.19. The SMILES string of the molecule is COC(=O)C(F)CC1CCN(C(=O)OC(C)(C)C)CC1. The molecule has 0 spiro atoms. The van der Waals surface area contributed by atoms with Crippen LogP contribution in [-0.4, -0.2) is 48.9 Å². The van der Waals surface area contributed by atoms with Crippen LogP contribution in [0, 0.1) is 5.92 Å². The average molecular weight is 289 g/mol. The van der Waals surface area contributed by atoms with Crippen LogP contribution in [0.4, 0.5) is 9.18 Å². The van der Waals surface area contributed by atoms with Gasteiger partial charge in [0.25, 0.3) is 0 Å². The van der Waals surface area contributed by atoms with Crippen molar-refractivity contribution in [3.63, 3.8) is 0 Å². The minimum absolute atomic E-state index is 0.0998. The Balaban J connectivity index is 2.36. The maximum absolute atomic E-state index is 13.5. The van der Waals surface area contributed by atoms with Crippen LogP contribution < -0.4 is 0 Å². The first-order valence-electron chi connectivity index (χ1n) is 6.92. The molecule has 1 unspecified atom stereocenters. The van der Waals surface area contributed by atoms with Gasteiger partial charge in [-0.25, -0.2) is 14.0 Å². The number of hydrogen-bond acceptors (Lipinski definition) is 4. The van der Waals surface area contributed by atoms with Gasteiger partial charge in [0.2, 0.25) is 0 Å². The summed E-state index contributed by atoms with van der Waals surface area (Å²) >= 11 is 0. The molecule has 1 aliphatic heterocycles. The lowest BCUT2D eigenvalue weighted by Gasteiger charge is -2.33. The minimum atomic E-state index is -1.57. The summed E-state index contributed by atoms with van der Waals surface area (Å²) in [5, 5.41) is 0. The van der Waals surface area contributed by atoms with Crippen molar-refractivity contribution in [2.24, 2.45) is 5.92 Å². The molecule has 0 aromatic carbocycles. The number of hydrogen-bond donors (Lipinski definition) is 0. The third-order valence-electron chi connectivity index (χ3n) is 3.26. The molecule has 0 N–H and O–H groups in total. The number of nitrogens with zero attached hydrogens (tertiary/aromatic N) is 1. The normalized spacial score (nSPS) is 18.6. The monoisotopic (exact) mass is 289 g/mol. The fraction of sp³-hybridized carbons (Fsp3) is 0.857. The van der Waals surface area contributed by atoms with E-state index < -0.39 is 17.7 Å². The van der Waals surface area contributed by atoms with Crippen LogP contribution >= 0.6 is 0 Å². The highest BCUT2D eigenvalue weighted by Crippen LogP contribution is 2.24. The summed E-state index contributed by atoms with van der Waals surface area (Å²) in [7, 11) is 1.18. The molecule has 1 atom stereocenters. The summed E-state index contributed by atoms with van der Waals surface area (Å²) < 4.78 is 23.1. The molecule has 1 rings (SSSR count). The van der Waals surface area contributed by atoms with Gasteiger partial charge in [-0.05, 0) is 46.0 Å². The first-order chi connectivity index (χ1) is 9.23. The molecule has 5 nitrogen and oxygen atoms in total. The lowest BCUT2D eigenvalue weighted by atomic mass is 9.92. The van der Waals surface area contributed by atoms with Crippen LogP contribution in [0.2, 0.25) is 0 Å². The number of piperidine rings is 1. The molecule has 20 heavy (non-hydrogen) atoms. The highest BCUT2D eigenvalue weighted by atomic mass is 19.1. The van der Waals surface area contributed by atoms with Crippen molar-refractivity contribution in [1.29, 1.82) is 0 Å². The predicted molar refractivity (Wildman–Crippen MR) is 72.1 cm³/mol. The largest absolute Gasteiger partial charge is 0.467 e. The molecule has 1 heterocycles. The molecular formula is C14H24FNO4. The number of amides is 1. The zero-order valence-corrected chi connectivity index (χ0v) is 12.6. The number of carbonyl (C=O) groups is 2. The van der Waals surface area contributed by atoms with Gasteiger partial charge in [0, 0.05) is 13.1 Å². The lowest BCUT2D eigenvalue weighted by molar-refractivity contribution is -0.147. The first-order valence-corrected chi connectivity index (χ1v) is 6.92. The Morgan fingerprint density at radius 3 is 2.30 bits per heavy atom. The molecule has 0 aliphatic carbocycles. The van der Waals surface area contributed by atoms with Crippen LogP contribution in [0.25, 0.3) is 0 Å². The second-order valence-corrected chi connectivity index (χ2v) is 6.14. The number of alkyl halides is 1. The first kappa shape index (κ1) is 16.7. The van der Waals surface area contributed by atoms with Crippen LogP contribution in [0.1, 0.15) is 40.0 Å². The van der Waals surface area contributed by atoms with Crippen molar-refractivity contribution in [1.82, 2.24) is 4.90 Å². The summed E-state index contributed by atoms with van der Waals surface area (Å²) in [4.78, 5) is 24.5. The van der Waals surface area contributed by atoms with Gasteiger partial charge >= 0.3 is 12.1 Å². The maximum atomic E-state index is 13.5. The lowest BCUT2D eigenvalue weighted by Crippen LogP contribution is -2.42. The van der Waals surface area contributed by atoms with Crippen LogP contribution in [-0.2, 0) is 14.3 Å². The standard InChI is InChI=1S/C14H24FNO4/c1-14(2,3)20-13(18)16-7-5-10(6-8-16)9-11(15)12(17)19-4/h10-11H,5-9H2,1-4H3. The summed E-state index contributed by atoms with van der Waals surface area (Å²) in [6.45, 7) is 6.53. The number of rotatable bonds is 3. The minimum Gasteiger partial charge on any atom is -0.467 e.